The third kappa shape index (κ3) is 6.22. The van der Waals surface area contributed by atoms with E-state index >= 15 is 0 Å². The van der Waals surface area contributed by atoms with Crippen LogP contribution in [0, 0.1) is 0 Å². The fourth-order valence-electron chi connectivity index (χ4n) is 3.73. The average molecular weight is 501 g/mol. The minimum absolute atomic E-state index is 0.00507. The van der Waals surface area contributed by atoms with Gasteiger partial charge in [-0.1, -0.05) is 24.3 Å². The fraction of sp³-hybridized carbons (Fsp3) is 0.423. The molecule has 0 saturated heterocycles. The van der Waals surface area contributed by atoms with Crippen molar-refractivity contribution in [2.24, 2.45) is 0 Å². The molecule has 190 valence electrons. The van der Waals surface area contributed by atoms with Crippen molar-refractivity contribution in [3.63, 3.8) is 0 Å². The molecule has 0 bridgehead atoms. The van der Waals surface area contributed by atoms with Crippen LogP contribution in [0.5, 0.6) is 11.5 Å². The first-order chi connectivity index (χ1) is 16.6. The van der Waals surface area contributed by atoms with Crippen LogP contribution in [0.25, 0.3) is 0 Å². The normalized spacial score (nSPS) is 13.0. The first-order valence-electron chi connectivity index (χ1n) is 11.6. The van der Waals surface area contributed by atoms with E-state index in [1.165, 1.54) is 4.31 Å². The van der Waals surface area contributed by atoms with Crippen molar-refractivity contribution in [3.8, 4) is 11.5 Å². The molecule has 0 aliphatic carbocycles. The predicted octanol–water partition coefficient (Wildman–Crippen LogP) is 4.49. The largest absolute Gasteiger partial charge is 0.497 e. The van der Waals surface area contributed by atoms with E-state index in [4.69, 9.17) is 9.47 Å². The van der Waals surface area contributed by atoms with Crippen LogP contribution in [0.3, 0.4) is 0 Å². The standard InChI is InChI=1S/C26H36N4O4S/c1-19(2)30-25(20(3)28(4)5)16-26(27-30)35(31,32)29(17-21-8-12-23(33-6)13-9-21)18-22-10-14-24(34-7)15-11-22/h8-16,19-20H,17-18H2,1-7H3. The monoisotopic (exact) mass is 500 g/mol. The van der Waals surface area contributed by atoms with Gasteiger partial charge in [0.15, 0.2) is 5.03 Å². The quantitative estimate of drug-likeness (QED) is 0.386. The summed E-state index contributed by atoms with van der Waals surface area (Å²) in [4.78, 5) is 2.04. The predicted molar refractivity (Wildman–Crippen MR) is 137 cm³/mol. The van der Waals surface area contributed by atoms with Crippen LogP contribution in [0.15, 0.2) is 59.6 Å². The second-order valence-corrected chi connectivity index (χ2v) is 10.9. The molecule has 1 atom stereocenters. The Labute approximate surface area is 209 Å². The molecule has 3 rings (SSSR count). The van der Waals surface area contributed by atoms with Crippen LogP contribution in [0.1, 0.15) is 49.7 Å². The Kier molecular flexibility index (Phi) is 8.58. The summed E-state index contributed by atoms with van der Waals surface area (Å²) in [6, 6.07) is 16.6. The number of sulfonamides is 1. The number of nitrogens with zero attached hydrogens (tertiary/aromatic N) is 4. The lowest BCUT2D eigenvalue weighted by Crippen LogP contribution is -2.30. The molecule has 2 aromatic carbocycles. The molecule has 9 heteroatoms. The van der Waals surface area contributed by atoms with Crippen LogP contribution >= 0.6 is 0 Å². The summed E-state index contributed by atoms with van der Waals surface area (Å²) in [5.74, 6) is 1.44. The zero-order valence-electron chi connectivity index (χ0n) is 21.6. The zero-order chi connectivity index (χ0) is 25.8. The van der Waals surface area contributed by atoms with Crippen molar-refractivity contribution in [3.05, 3.63) is 71.4 Å². The van der Waals surface area contributed by atoms with Gasteiger partial charge in [-0.2, -0.15) is 9.40 Å². The van der Waals surface area contributed by atoms with Crippen molar-refractivity contribution in [2.45, 2.75) is 51.0 Å². The minimum atomic E-state index is -3.90. The van der Waals surface area contributed by atoms with Crippen LogP contribution in [-0.4, -0.2) is 55.7 Å². The van der Waals surface area contributed by atoms with E-state index in [9.17, 15) is 8.42 Å². The molecule has 0 spiro atoms. The second-order valence-electron chi connectivity index (χ2n) is 9.05. The van der Waals surface area contributed by atoms with Crippen LogP contribution < -0.4 is 9.47 Å². The van der Waals surface area contributed by atoms with Crippen LogP contribution in [0.4, 0.5) is 0 Å². The van der Waals surface area contributed by atoms with Gasteiger partial charge in [-0.15, -0.1) is 0 Å². The van der Waals surface area contributed by atoms with Gasteiger partial charge in [0.05, 0.1) is 19.9 Å². The zero-order valence-corrected chi connectivity index (χ0v) is 22.4. The van der Waals surface area contributed by atoms with Gasteiger partial charge in [-0.3, -0.25) is 4.68 Å². The lowest BCUT2D eigenvalue weighted by Gasteiger charge is -2.22. The third-order valence-corrected chi connectivity index (χ3v) is 7.74. The molecule has 0 N–H and O–H groups in total. The van der Waals surface area contributed by atoms with Gasteiger partial charge >= 0.3 is 0 Å². The van der Waals surface area contributed by atoms with E-state index < -0.39 is 10.0 Å². The molecule has 1 aromatic heterocycles. The second kappa shape index (κ2) is 11.2. The van der Waals surface area contributed by atoms with E-state index in [-0.39, 0.29) is 30.2 Å². The molecule has 0 aliphatic heterocycles. The Morgan fingerprint density at radius 1 is 0.857 bits per heavy atom. The highest BCUT2D eigenvalue weighted by molar-refractivity contribution is 7.89. The highest BCUT2D eigenvalue weighted by Crippen LogP contribution is 2.28. The van der Waals surface area contributed by atoms with Crippen molar-refractivity contribution in [2.75, 3.05) is 28.3 Å². The van der Waals surface area contributed by atoms with Gasteiger partial charge in [0.2, 0.25) is 0 Å². The highest BCUT2D eigenvalue weighted by atomic mass is 32.2. The van der Waals surface area contributed by atoms with Crippen LogP contribution in [0.2, 0.25) is 0 Å². The average Bonchev–Trinajstić information content (AvgIpc) is 3.30. The Morgan fingerprint density at radius 2 is 1.31 bits per heavy atom. The van der Waals surface area contributed by atoms with E-state index in [1.807, 2.05) is 88.3 Å². The summed E-state index contributed by atoms with van der Waals surface area (Å²) < 4.78 is 41.7. The number of hydrogen-bond donors (Lipinski definition) is 0. The number of benzene rings is 2. The Morgan fingerprint density at radius 3 is 1.69 bits per heavy atom. The van der Waals surface area contributed by atoms with E-state index in [0.29, 0.717) is 0 Å². The third-order valence-electron chi connectivity index (χ3n) is 6.07. The van der Waals surface area contributed by atoms with Gasteiger partial charge in [0.1, 0.15) is 11.5 Å². The number of hydrogen-bond acceptors (Lipinski definition) is 6. The van der Waals surface area contributed by atoms with Gasteiger partial charge in [-0.25, -0.2) is 8.42 Å². The summed E-state index contributed by atoms with van der Waals surface area (Å²) in [6.45, 7) is 6.44. The molecule has 3 aromatic rings. The molecule has 0 aliphatic rings. The first kappa shape index (κ1) is 26.7. The SMILES string of the molecule is COc1ccc(CN(Cc2ccc(OC)cc2)S(=O)(=O)c2cc(C(C)N(C)C)n(C(C)C)n2)cc1. The minimum Gasteiger partial charge on any atom is -0.497 e. The molecule has 0 fully saturated rings. The van der Waals surface area contributed by atoms with Crippen molar-refractivity contribution >= 4 is 10.0 Å². The Hall–Kier alpha value is -2.88. The number of rotatable bonds is 11. The smallest absolute Gasteiger partial charge is 0.263 e. The lowest BCUT2D eigenvalue weighted by atomic mass is 10.2. The number of aromatic nitrogens is 2. The summed E-state index contributed by atoms with van der Waals surface area (Å²) in [6.07, 6.45) is 0. The van der Waals surface area contributed by atoms with Gasteiger partial charge < -0.3 is 14.4 Å². The summed E-state index contributed by atoms with van der Waals surface area (Å²) >= 11 is 0. The molecule has 0 saturated carbocycles. The topological polar surface area (TPSA) is 76.9 Å². The van der Waals surface area contributed by atoms with Crippen molar-refractivity contribution in [1.29, 1.82) is 0 Å². The van der Waals surface area contributed by atoms with E-state index in [1.54, 1.807) is 25.0 Å². The Balaban J connectivity index is 2.03. The Bertz CT molecular complexity index is 1150. The van der Waals surface area contributed by atoms with Crippen molar-refractivity contribution < 1.29 is 17.9 Å². The number of methoxy groups -OCH3 is 2. The summed E-state index contributed by atoms with van der Waals surface area (Å²) in [7, 11) is 3.24. The highest BCUT2D eigenvalue weighted by Gasteiger charge is 2.30. The number of ether oxygens (including phenoxy) is 2. The van der Waals surface area contributed by atoms with Crippen LogP contribution in [-0.2, 0) is 23.1 Å². The van der Waals surface area contributed by atoms with Gasteiger partial charge in [0, 0.05) is 31.2 Å². The molecule has 35 heavy (non-hydrogen) atoms. The molecule has 1 unspecified atom stereocenters. The fourth-order valence-corrected chi connectivity index (χ4v) is 5.09. The van der Waals surface area contributed by atoms with Gasteiger partial charge in [-0.05, 0) is 70.3 Å². The summed E-state index contributed by atoms with van der Waals surface area (Å²) in [5.41, 5.74) is 2.57. The van der Waals surface area contributed by atoms with E-state index in [2.05, 4.69) is 5.10 Å². The maximum absolute atomic E-state index is 14.0. The van der Waals surface area contributed by atoms with Gasteiger partial charge in [0.25, 0.3) is 10.0 Å². The summed E-state index contributed by atoms with van der Waals surface area (Å²) in [5, 5.41) is 4.62. The maximum atomic E-state index is 14.0. The van der Waals surface area contributed by atoms with Crippen molar-refractivity contribution in [1.82, 2.24) is 19.0 Å². The molecule has 8 nitrogen and oxygen atoms in total. The molecule has 0 radical (unpaired) electrons. The molecular formula is C26H36N4O4S. The molecular weight excluding hydrogens is 464 g/mol. The lowest BCUT2D eigenvalue weighted by molar-refractivity contribution is 0.298. The molecule has 0 amide bonds. The first-order valence-corrected chi connectivity index (χ1v) is 13.0. The molecule has 1 heterocycles. The van der Waals surface area contributed by atoms with E-state index in [0.717, 1.165) is 28.3 Å². The maximum Gasteiger partial charge on any atom is 0.263 e.